The van der Waals surface area contributed by atoms with Crippen molar-refractivity contribution in [3.8, 4) is 0 Å². The molecule has 0 bridgehead atoms. The second kappa shape index (κ2) is 9.12. The Morgan fingerprint density at radius 2 is 1.81 bits per heavy atom. The fraction of sp³-hybridized carbons (Fsp3) is 0.522. The molecule has 2 unspecified atom stereocenters. The molecule has 3 N–H and O–H groups in total. The SMILES string of the molecule is CC1CCc2c(sc3nc[nH]c(=O)c23)C1.CCOC(=O)c1c(N)sc2c1CCC(C)C2. The summed E-state index contributed by atoms with van der Waals surface area (Å²) in [6.07, 6.45) is 7.96. The molecule has 2 atom stereocenters. The highest BCUT2D eigenvalue weighted by molar-refractivity contribution is 7.18. The summed E-state index contributed by atoms with van der Waals surface area (Å²) < 4.78 is 5.05. The molecule has 0 saturated heterocycles. The van der Waals surface area contributed by atoms with Gasteiger partial charge in [0.1, 0.15) is 9.83 Å². The number of aryl methyl sites for hydroxylation is 1. The molecule has 0 spiro atoms. The van der Waals surface area contributed by atoms with Crippen LogP contribution in [0.25, 0.3) is 10.2 Å². The molecular weight excluding hydrogens is 430 g/mol. The van der Waals surface area contributed by atoms with E-state index in [0.717, 1.165) is 53.8 Å². The van der Waals surface area contributed by atoms with Crippen LogP contribution in [0.3, 0.4) is 0 Å². The van der Waals surface area contributed by atoms with Crippen molar-refractivity contribution in [1.82, 2.24) is 9.97 Å². The Hall–Kier alpha value is -2.19. The van der Waals surface area contributed by atoms with E-state index in [1.165, 1.54) is 28.1 Å². The van der Waals surface area contributed by atoms with Gasteiger partial charge in [-0.15, -0.1) is 22.7 Å². The number of nitrogens with zero attached hydrogens (tertiary/aromatic N) is 1. The normalized spacial score (nSPS) is 19.8. The summed E-state index contributed by atoms with van der Waals surface area (Å²) in [6.45, 7) is 6.72. The number of carbonyl (C=O) groups excluding carboxylic acids is 1. The lowest BCUT2D eigenvalue weighted by Gasteiger charge is -2.18. The lowest BCUT2D eigenvalue weighted by molar-refractivity contribution is 0.0526. The third kappa shape index (κ3) is 4.41. The first kappa shape index (κ1) is 22.0. The second-order valence-electron chi connectivity index (χ2n) is 8.58. The Kier molecular flexibility index (Phi) is 6.48. The molecule has 0 fully saturated rings. The van der Waals surface area contributed by atoms with Crippen molar-refractivity contribution >= 4 is 43.9 Å². The number of hydrogen-bond donors (Lipinski definition) is 2. The molecule has 3 heterocycles. The van der Waals surface area contributed by atoms with Gasteiger partial charge in [-0.3, -0.25) is 4.79 Å². The molecule has 0 saturated carbocycles. The number of carbonyl (C=O) groups is 1. The van der Waals surface area contributed by atoms with Gasteiger partial charge in [0.25, 0.3) is 5.56 Å². The molecule has 2 aliphatic rings. The van der Waals surface area contributed by atoms with Crippen LogP contribution in [-0.2, 0) is 30.4 Å². The van der Waals surface area contributed by atoms with Crippen LogP contribution in [0, 0.1) is 11.8 Å². The Labute approximate surface area is 189 Å². The second-order valence-corrected chi connectivity index (χ2v) is 10.8. The van der Waals surface area contributed by atoms with Gasteiger partial charge in [0.2, 0.25) is 0 Å². The summed E-state index contributed by atoms with van der Waals surface area (Å²) in [4.78, 5) is 33.9. The van der Waals surface area contributed by atoms with Crippen LogP contribution >= 0.6 is 22.7 Å². The molecule has 166 valence electrons. The number of aromatic nitrogens is 2. The number of nitrogen functional groups attached to an aromatic ring is 1. The number of ether oxygens (including phenoxy) is 1. The number of anilines is 1. The van der Waals surface area contributed by atoms with Gasteiger partial charge in [0.05, 0.1) is 23.9 Å². The molecule has 5 rings (SSSR count). The van der Waals surface area contributed by atoms with E-state index < -0.39 is 0 Å². The van der Waals surface area contributed by atoms with Gasteiger partial charge in [0, 0.05) is 9.75 Å². The molecule has 31 heavy (non-hydrogen) atoms. The highest BCUT2D eigenvalue weighted by Gasteiger charge is 2.27. The Balaban J connectivity index is 0.000000149. The van der Waals surface area contributed by atoms with E-state index in [-0.39, 0.29) is 11.5 Å². The molecule has 3 aromatic rings. The van der Waals surface area contributed by atoms with Gasteiger partial charge >= 0.3 is 5.97 Å². The average molecular weight is 460 g/mol. The molecular formula is C23H29N3O3S2. The predicted octanol–water partition coefficient (Wildman–Crippen LogP) is 4.74. The fourth-order valence-electron chi connectivity index (χ4n) is 4.48. The number of thiophene rings is 2. The first-order valence-corrected chi connectivity index (χ1v) is 12.6. The first-order valence-electron chi connectivity index (χ1n) is 10.9. The van der Waals surface area contributed by atoms with Crippen molar-refractivity contribution in [2.75, 3.05) is 12.3 Å². The maximum absolute atomic E-state index is 11.8. The molecule has 0 aromatic carbocycles. The Morgan fingerprint density at radius 1 is 1.16 bits per heavy atom. The third-order valence-corrected chi connectivity index (χ3v) is 8.36. The lowest BCUT2D eigenvalue weighted by atomic mass is 9.88. The van der Waals surface area contributed by atoms with Crippen molar-refractivity contribution in [3.05, 3.63) is 43.1 Å². The van der Waals surface area contributed by atoms with Crippen LogP contribution in [-0.4, -0.2) is 22.5 Å². The zero-order chi connectivity index (χ0) is 22.1. The third-order valence-electron chi connectivity index (χ3n) is 6.12. The summed E-state index contributed by atoms with van der Waals surface area (Å²) in [6, 6.07) is 0. The molecule has 6 nitrogen and oxygen atoms in total. The average Bonchev–Trinajstić information content (AvgIpc) is 3.25. The molecule has 8 heteroatoms. The number of fused-ring (bicyclic) bond motifs is 4. The van der Waals surface area contributed by atoms with E-state index in [0.29, 0.717) is 23.1 Å². The Bertz CT molecular complexity index is 1160. The minimum atomic E-state index is -0.257. The van der Waals surface area contributed by atoms with E-state index in [9.17, 15) is 9.59 Å². The highest BCUT2D eigenvalue weighted by Crippen LogP contribution is 2.38. The van der Waals surface area contributed by atoms with E-state index in [1.54, 1.807) is 22.7 Å². The molecule has 0 radical (unpaired) electrons. The maximum atomic E-state index is 11.8. The zero-order valence-electron chi connectivity index (χ0n) is 18.2. The number of rotatable bonds is 2. The smallest absolute Gasteiger partial charge is 0.341 e. The lowest BCUT2D eigenvalue weighted by Crippen LogP contribution is -2.14. The summed E-state index contributed by atoms with van der Waals surface area (Å²) in [7, 11) is 0. The standard InChI is InChI=1S/C12H17NO2S.C11H12N2OS/c1-3-15-12(14)10-8-5-4-7(2)6-9(8)16-11(10)13;1-6-2-3-7-8(4-6)15-11-9(7)10(14)12-5-13-11/h7H,3-6,13H2,1-2H3;5-6H,2-4H2,1H3,(H,12,13,14). The summed E-state index contributed by atoms with van der Waals surface area (Å²) in [5.41, 5.74) is 8.96. The van der Waals surface area contributed by atoms with E-state index in [2.05, 4.69) is 23.8 Å². The minimum Gasteiger partial charge on any atom is -0.462 e. The fourth-order valence-corrected chi connectivity index (χ4v) is 7.10. The van der Waals surface area contributed by atoms with E-state index in [4.69, 9.17) is 10.5 Å². The zero-order valence-corrected chi connectivity index (χ0v) is 19.9. The summed E-state index contributed by atoms with van der Waals surface area (Å²) in [5, 5.41) is 1.46. The number of nitrogens with two attached hydrogens (primary N) is 1. The van der Waals surface area contributed by atoms with E-state index in [1.807, 2.05) is 6.92 Å². The predicted molar refractivity (Wildman–Crippen MR) is 127 cm³/mol. The van der Waals surface area contributed by atoms with Gasteiger partial charge in [-0.05, 0) is 68.4 Å². The summed E-state index contributed by atoms with van der Waals surface area (Å²) >= 11 is 3.24. The van der Waals surface area contributed by atoms with Crippen molar-refractivity contribution in [2.45, 2.75) is 59.3 Å². The van der Waals surface area contributed by atoms with Gasteiger partial charge in [-0.25, -0.2) is 9.78 Å². The van der Waals surface area contributed by atoms with E-state index >= 15 is 0 Å². The monoisotopic (exact) mass is 459 g/mol. The number of nitrogens with one attached hydrogen (secondary N) is 1. The van der Waals surface area contributed by atoms with Crippen molar-refractivity contribution in [3.63, 3.8) is 0 Å². The van der Waals surface area contributed by atoms with Crippen LogP contribution in [0.2, 0.25) is 0 Å². The van der Waals surface area contributed by atoms with Crippen LogP contribution in [0.1, 0.15) is 64.9 Å². The van der Waals surface area contributed by atoms with Gasteiger partial charge in [-0.2, -0.15) is 0 Å². The van der Waals surface area contributed by atoms with Crippen LogP contribution in [0.5, 0.6) is 0 Å². The molecule has 3 aromatic heterocycles. The van der Waals surface area contributed by atoms with Crippen LogP contribution in [0.4, 0.5) is 5.00 Å². The van der Waals surface area contributed by atoms with Crippen molar-refractivity contribution < 1.29 is 9.53 Å². The molecule has 2 aliphatic carbocycles. The van der Waals surface area contributed by atoms with Crippen molar-refractivity contribution in [2.24, 2.45) is 11.8 Å². The van der Waals surface area contributed by atoms with Gasteiger partial charge < -0.3 is 15.5 Å². The number of esters is 1. The Morgan fingerprint density at radius 3 is 2.48 bits per heavy atom. The number of H-pyrrole nitrogens is 1. The van der Waals surface area contributed by atoms with Crippen molar-refractivity contribution in [1.29, 1.82) is 0 Å². The summed E-state index contributed by atoms with van der Waals surface area (Å²) in [5.74, 6) is 1.18. The highest BCUT2D eigenvalue weighted by atomic mass is 32.1. The van der Waals surface area contributed by atoms with Gasteiger partial charge in [0.15, 0.2) is 0 Å². The maximum Gasteiger partial charge on any atom is 0.341 e. The quantitative estimate of drug-likeness (QED) is 0.539. The molecule has 0 amide bonds. The number of hydrogen-bond acceptors (Lipinski definition) is 7. The minimum absolute atomic E-state index is 0.0204. The van der Waals surface area contributed by atoms with Crippen LogP contribution in [0.15, 0.2) is 11.1 Å². The topological polar surface area (TPSA) is 98.1 Å². The largest absolute Gasteiger partial charge is 0.462 e. The van der Waals surface area contributed by atoms with Gasteiger partial charge in [-0.1, -0.05) is 13.8 Å². The first-order chi connectivity index (χ1) is 14.9. The number of aromatic amines is 1. The van der Waals surface area contributed by atoms with Crippen LogP contribution < -0.4 is 11.3 Å². The molecule has 0 aliphatic heterocycles.